The summed E-state index contributed by atoms with van der Waals surface area (Å²) in [5.74, 6) is 1.58. The van der Waals surface area contributed by atoms with Crippen LogP contribution in [0.2, 0.25) is 0 Å². The summed E-state index contributed by atoms with van der Waals surface area (Å²) in [6.45, 7) is 4.65. The van der Waals surface area contributed by atoms with E-state index in [1.54, 1.807) is 13.1 Å². The predicted octanol–water partition coefficient (Wildman–Crippen LogP) is 2.90. The Morgan fingerprint density at radius 2 is 2.11 bits per heavy atom. The Morgan fingerprint density at radius 3 is 2.86 bits per heavy atom. The number of nitrogens with one attached hydrogen (secondary N) is 2. The van der Waals surface area contributed by atoms with Crippen LogP contribution in [-0.2, 0) is 17.8 Å². The molecule has 0 aromatic heterocycles. The molecular weight excluding hydrogens is 352 g/mol. The van der Waals surface area contributed by atoms with Crippen LogP contribution in [0.25, 0.3) is 0 Å². The second-order valence-electron chi connectivity index (χ2n) is 6.81. The van der Waals surface area contributed by atoms with Gasteiger partial charge in [0.05, 0.1) is 24.8 Å². The first-order valence-corrected chi connectivity index (χ1v) is 9.45. The average Bonchev–Trinajstić information content (AvgIpc) is 3.22. The van der Waals surface area contributed by atoms with Crippen LogP contribution in [0.1, 0.15) is 28.7 Å². The molecule has 2 aromatic rings. The number of aliphatic imine (C=N–C) groups is 1. The first-order chi connectivity index (χ1) is 13.7. The van der Waals surface area contributed by atoms with Gasteiger partial charge in [0.2, 0.25) is 0 Å². The molecule has 6 nitrogen and oxygen atoms in total. The number of rotatable bonds is 6. The SMILES string of the molecule is CN=C(NCc1cccc(C#N)c1)NCc1ccc(C)cc1OC1CCOC1. The van der Waals surface area contributed by atoms with Crippen molar-refractivity contribution in [3.8, 4) is 11.8 Å². The van der Waals surface area contributed by atoms with E-state index in [-0.39, 0.29) is 6.10 Å². The molecule has 28 heavy (non-hydrogen) atoms. The Kier molecular flexibility index (Phi) is 6.88. The molecule has 0 radical (unpaired) electrons. The molecule has 1 heterocycles. The van der Waals surface area contributed by atoms with Crippen LogP contribution in [0.15, 0.2) is 47.5 Å². The Labute approximate surface area is 166 Å². The third-order valence-corrected chi connectivity index (χ3v) is 4.59. The van der Waals surface area contributed by atoms with Gasteiger partial charge in [-0.3, -0.25) is 4.99 Å². The molecule has 0 bridgehead atoms. The molecular formula is C22H26N4O2. The highest BCUT2D eigenvalue weighted by Crippen LogP contribution is 2.23. The third-order valence-electron chi connectivity index (χ3n) is 4.59. The first-order valence-electron chi connectivity index (χ1n) is 9.45. The lowest BCUT2D eigenvalue weighted by Gasteiger charge is -2.18. The summed E-state index contributed by atoms with van der Waals surface area (Å²) in [6, 6.07) is 15.9. The molecule has 3 rings (SSSR count). The normalized spacial score (nSPS) is 16.5. The van der Waals surface area contributed by atoms with Crippen LogP contribution in [-0.4, -0.2) is 32.3 Å². The van der Waals surface area contributed by atoms with Gasteiger partial charge in [0.1, 0.15) is 11.9 Å². The van der Waals surface area contributed by atoms with Gasteiger partial charge in [0, 0.05) is 32.1 Å². The summed E-state index contributed by atoms with van der Waals surface area (Å²) in [5.41, 5.74) is 3.92. The standard InChI is InChI=1S/C22H26N4O2/c1-16-6-7-19(21(10-16)28-20-8-9-27-15-20)14-26-22(24-2)25-13-18-5-3-4-17(11-18)12-23/h3-7,10-11,20H,8-9,13-15H2,1-2H3,(H2,24,25,26). The van der Waals surface area contributed by atoms with Crippen LogP contribution in [0, 0.1) is 18.3 Å². The number of benzene rings is 2. The maximum Gasteiger partial charge on any atom is 0.191 e. The lowest BCUT2D eigenvalue weighted by atomic mass is 10.1. The summed E-state index contributed by atoms with van der Waals surface area (Å²) in [7, 11) is 1.74. The van der Waals surface area contributed by atoms with Crippen LogP contribution >= 0.6 is 0 Å². The van der Waals surface area contributed by atoms with Gasteiger partial charge in [-0.2, -0.15) is 5.26 Å². The number of hydrogen-bond donors (Lipinski definition) is 2. The smallest absolute Gasteiger partial charge is 0.191 e. The monoisotopic (exact) mass is 378 g/mol. The highest BCUT2D eigenvalue weighted by Gasteiger charge is 2.18. The van der Waals surface area contributed by atoms with Crippen molar-refractivity contribution >= 4 is 5.96 Å². The molecule has 0 spiro atoms. The van der Waals surface area contributed by atoms with Gasteiger partial charge < -0.3 is 20.1 Å². The van der Waals surface area contributed by atoms with Crippen LogP contribution in [0.3, 0.4) is 0 Å². The van der Waals surface area contributed by atoms with Gasteiger partial charge in [0.25, 0.3) is 0 Å². The molecule has 1 saturated heterocycles. The average molecular weight is 378 g/mol. The largest absolute Gasteiger partial charge is 0.488 e. The van der Waals surface area contributed by atoms with Gasteiger partial charge in [-0.05, 0) is 36.2 Å². The van der Waals surface area contributed by atoms with Crippen LogP contribution in [0.4, 0.5) is 0 Å². The van der Waals surface area contributed by atoms with Crippen molar-refractivity contribution in [3.05, 3.63) is 64.7 Å². The predicted molar refractivity (Wildman–Crippen MR) is 109 cm³/mol. The van der Waals surface area contributed by atoms with E-state index in [0.29, 0.717) is 31.2 Å². The number of nitrogens with zero attached hydrogens (tertiary/aromatic N) is 2. The van der Waals surface area contributed by atoms with Crippen LogP contribution in [0.5, 0.6) is 5.75 Å². The molecule has 1 unspecified atom stereocenters. The summed E-state index contributed by atoms with van der Waals surface area (Å²) in [6.07, 6.45) is 1.04. The van der Waals surface area contributed by atoms with Gasteiger partial charge in [-0.1, -0.05) is 24.3 Å². The lowest BCUT2D eigenvalue weighted by Crippen LogP contribution is -2.36. The van der Waals surface area contributed by atoms with E-state index in [0.717, 1.165) is 35.5 Å². The maximum atomic E-state index is 9.02. The summed E-state index contributed by atoms with van der Waals surface area (Å²) in [5, 5.41) is 15.6. The van der Waals surface area contributed by atoms with E-state index in [1.807, 2.05) is 18.2 Å². The van der Waals surface area contributed by atoms with Gasteiger partial charge in [0.15, 0.2) is 5.96 Å². The number of guanidine groups is 1. The fourth-order valence-corrected chi connectivity index (χ4v) is 3.04. The topological polar surface area (TPSA) is 78.7 Å². The minimum Gasteiger partial charge on any atom is -0.488 e. The molecule has 1 aliphatic rings. The van der Waals surface area contributed by atoms with Gasteiger partial charge >= 0.3 is 0 Å². The molecule has 0 amide bonds. The van der Waals surface area contributed by atoms with Gasteiger partial charge in [-0.25, -0.2) is 0 Å². The minimum absolute atomic E-state index is 0.116. The third kappa shape index (κ3) is 5.48. The molecule has 1 atom stereocenters. The van der Waals surface area contributed by atoms with Gasteiger partial charge in [-0.15, -0.1) is 0 Å². The van der Waals surface area contributed by atoms with E-state index in [2.05, 4.69) is 46.8 Å². The second-order valence-corrected chi connectivity index (χ2v) is 6.81. The molecule has 2 aromatic carbocycles. The van der Waals surface area contributed by atoms with E-state index in [1.165, 1.54) is 0 Å². The van der Waals surface area contributed by atoms with Crippen molar-refractivity contribution < 1.29 is 9.47 Å². The van der Waals surface area contributed by atoms with Crippen molar-refractivity contribution in [2.75, 3.05) is 20.3 Å². The maximum absolute atomic E-state index is 9.02. The Bertz CT molecular complexity index is 867. The fourth-order valence-electron chi connectivity index (χ4n) is 3.04. The highest BCUT2D eigenvalue weighted by atomic mass is 16.5. The van der Waals surface area contributed by atoms with E-state index < -0.39 is 0 Å². The van der Waals surface area contributed by atoms with Crippen LogP contribution < -0.4 is 15.4 Å². The number of ether oxygens (including phenoxy) is 2. The zero-order chi connectivity index (χ0) is 19.8. The fraction of sp³-hybridized carbons (Fsp3) is 0.364. The van der Waals surface area contributed by atoms with E-state index in [4.69, 9.17) is 14.7 Å². The number of aryl methyl sites for hydroxylation is 1. The van der Waals surface area contributed by atoms with E-state index in [9.17, 15) is 0 Å². The van der Waals surface area contributed by atoms with Crippen molar-refractivity contribution in [2.45, 2.75) is 32.5 Å². The van der Waals surface area contributed by atoms with Crippen molar-refractivity contribution in [3.63, 3.8) is 0 Å². The number of nitriles is 1. The zero-order valence-corrected chi connectivity index (χ0v) is 16.4. The van der Waals surface area contributed by atoms with E-state index >= 15 is 0 Å². The lowest BCUT2D eigenvalue weighted by molar-refractivity contribution is 0.140. The Balaban J connectivity index is 1.59. The van der Waals surface area contributed by atoms with Crippen molar-refractivity contribution in [2.24, 2.45) is 4.99 Å². The molecule has 1 fully saturated rings. The Hall–Kier alpha value is -3.04. The molecule has 146 valence electrons. The highest BCUT2D eigenvalue weighted by molar-refractivity contribution is 5.79. The Morgan fingerprint density at radius 1 is 1.25 bits per heavy atom. The minimum atomic E-state index is 0.116. The molecule has 0 aliphatic carbocycles. The van der Waals surface area contributed by atoms with Crippen molar-refractivity contribution in [1.29, 1.82) is 5.26 Å². The molecule has 1 aliphatic heterocycles. The quantitative estimate of drug-likeness (QED) is 0.597. The molecule has 0 saturated carbocycles. The van der Waals surface area contributed by atoms with Crippen molar-refractivity contribution in [1.82, 2.24) is 10.6 Å². The molecule has 6 heteroatoms. The summed E-state index contributed by atoms with van der Waals surface area (Å²) >= 11 is 0. The number of hydrogen-bond acceptors (Lipinski definition) is 4. The zero-order valence-electron chi connectivity index (χ0n) is 16.4. The summed E-state index contributed by atoms with van der Waals surface area (Å²) in [4.78, 5) is 4.28. The first kappa shape index (κ1) is 19.7. The summed E-state index contributed by atoms with van der Waals surface area (Å²) < 4.78 is 11.6. The second kappa shape index (κ2) is 9.77. The molecule has 2 N–H and O–H groups in total.